The Bertz CT molecular complexity index is 317. The Morgan fingerprint density at radius 3 is 3.00 bits per heavy atom. The van der Waals surface area contributed by atoms with E-state index in [2.05, 4.69) is 20.3 Å². The molecule has 1 N–H and O–H groups in total. The van der Waals surface area contributed by atoms with Gasteiger partial charge >= 0.3 is 5.97 Å². The van der Waals surface area contributed by atoms with E-state index < -0.39 is 0 Å². The molecule has 1 aromatic rings. The van der Waals surface area contributed by atoms with E-state index in [1.807, 2.05) is 7.05 Å². The van der Waals surface area contributed by atoms with Gasteiger partial charge in [0, 0.05) is 18.6 Å². The number of nitrogens with zero attached hydrogens (tertiary/aromatic N) is 2. The van der Waals surface area contributed by atoms with Crippen LogP contribution in [-0.2, 0) is 15.3 Å². The molecular formula is C8H13N3O2S2. The van der Waals surface area contributed by atoms with Crippen LogP contribution in [0.5, 0.6) is 0 Å². The van der Waals surface area contributed by atoms with Crippen LogP contribution >= 0.6 is 23.1 Å². The number of rotatable bonds is 6. The van der Waals surface area contributed by atoms with Crippen LogP contribution in [0.15, 0.2) is 0 Å². The number of carbonyl (C=O) groups excluding carboxylic acids is 1. The Balaban J connectivity index is 2.17. The minimum Gasteiger partial charge on any atom is -0.469 e. The van der Waals surface area contributed by atoms with Gasteiger partial charge in [-0.05, 0) is 0 Å². The highest BCUT2D eigenvalue weighted by molar-refractivity contribution is 7.98. The van der Waals surface area contributed by atoms with Gasteiger partial charge in [0.15, 0.2) is 0 Å². The molecule has 1 heterocycles. The molecule has 0 atom stereocenters. The van der Waals surface area contributed by atoms with Gasteiger partial charge in [0.05, 0.1) is 13.5 Å². The van der Waals surface area contributed by atoms with E-state index >= 15 is 0 Å². The maximum Gasteiger partial charge on any atom is 0.306 e. The fraction of sp³-hybridized carbons (Fsp3) is 0.625. The normalized spacial score (nSPS) is 10.0. The second-order valence-electron chi connectivity index (χ2n) is 2.63. The third-order valence-corrected chi connectivity index (χ3v) is 3.68. The number of thioether (sulfide) groups is 1. The first-order valence-electron chi connectivity index (χ1n) is 4.41. The lowest BCUT2D eigenvalue weighted by Crippen LogP contribution is -2.01. The highest BCUT2D eigenvalue weighted by Crippen LogP contribution is 2.19. The van der Waals surface area contributed by atoms with Gasteiger partial charge in [0.2, 0.25) is 5.13 Å². The fourth-order valence-electron chi connectivity index (χ4n) is 0.830. The van der Waals surface area contributed by atoms with Crippen molar-refractivity contribution in [3.05, 3.63) is 5.01 Å². The van der Waals surface area contributed by atoms with Gasteiger partial charge in [0.25, 0.3) is 0 Å². The molecule has 1 rings (SSSR count). The Labute approximate surface area is 96.6 Å². The summed E-state index contributed by atoms with van der Waals surface area (Å²) in [5.74, 6) is 1.37. The largest absolute Gasteiger partial charge is 0.469 e. The molecule has 7 heteroatoms. The Hall–Kier alpha value is -0.820. The Kier molecular flexibility index (Phi) is 5.41. The van der Waals surface area contributed by atoms with Crippen molar-refractivity contribution in [1.82, 2.24) is 10.2 Å². The molecule has 84 valence electrons. The summed E-state index contributed by atoms with van der Waals surface area (Å²) < 4.78 is 4.54. The predicted octanol–water partition coefficient (Wildman–Crippen LogP) is 1.38. The molecule has 0 saturated heterocycles. The molecule has 0 amide bonds. The van der Waals surface area contributed by atoms with Gasteiger partial charge in [-0.1, -0.05) is 11.3 Å². The van der Waals surface area contributed by atoms with Crippen molar-refractivity contribution in [2.45, 2.75) is 12.2 Å². The maximum absolute atomic E-state index is 10.8. The second kappa shape index (κ2) is 6.62. The smallest absolute Gasteiger partial charge is 0.306 e. The lowest BCUT2D eigenvalue weighted by atomic mass is 10.5. The molecule has 5 nitrogen and oxygen atoms in total. The Morgan fingerprint density at radius 1 is 1.60 bits per heavy atom. The molecule has 0 aliphatic carbocycles. The molecule has 0 spiro atoms. The number of esters is 1. The summed E-state index contributed by atoms with van der Waals surface area (Å²) in [5.41, 5.74) is 0. The van der Waals surface area contributed by atoms with Crippen LogP contribution in [0.3, 0.4) is 0 Å². The first kappa shape index (κ1) is 12.3. The van der Waals surface area contributed by atoms with Gasteiger partial charge in [-0.3, -0.25) is 4.79 Å². The molecule has 0 bridgehead atoms. The van der Waals surface area contributed by atoms with Gasteiger partial charge in [-0.15, -0.1) is 10.2 Å². The summed E-state index contributed by atoms with van der Waals surface area (Å²) in [5, 5.41) is 12.6. The van der Waals surface area contributed by atoms with Crippen LogP contribution in [0.4, 0.5) is 5.13 Å². The van der Waals surface area contributed by atoms with Crippen LogP contribution in [0.2, 0.25) is 0 Å². The van der Waals surface area contributed by atoms with E-state index in [4.69, 9.17) is 0 Å². The molecule has 0 aromatic carbocycles. The highest BCUT2D eigenvalue weighted by Gasteiger charge is 2.04. The first-order chi connectivity index (χ1) is 7.26. The number of ether oxygens (including phenoxy) is 1. The van der Waals surface area contributed by atoms with Crippen LogP contribution in [0.25, 0.3) is 0 Å². The minimum atomic E-state index is -0.171. The zero-order chi connectivity index (χ0) is 11.1. The SMILES string of the molecule is CNc1nnc(CSCCC(=O)OC)s1. The van der Waals surface area contributed by atoms with Crippen molar-refractivity contribution in [3.8, 4) is 0 Å². The third-order valence-electron chi connectivity index (χ3n) is 1.58. The number of aromatic nitrogens is 2. The summed E-state index contributed by atoms with van der Waals surface area (Å²) in [4.78, 5) is 10.8. The molecule has 0 aliphatic rings. The standard InChI is InChI=1S/C8H13N3O2S2/c1-9-8-11-10-6(15-8)5-14-4-3-7(12)13-2/h3-5H2,1-2H3,(H,9,11). The molecular weight excluding hydrogens is 234 g/mol. The highest BCUT2D eigenvalue weighted by atomic mass is 32.2. The average Bonchev–Trinajstić information content (AvgIpc) is 2.72. The van der Waals surface area contributed by atoms with Gasteiger partial charge in [0.1, 0.15) is 5.01 Å². The maximum atomic E-state index is 10.8. The lowest BCUT2D eigenvalue weighted by molar-refractivity contribution is -0.140. The molecule has 15 heavy (non-hydrogen) atoms. The van der Waals surface area contributed by atoms with Crippen molar-refractivity contribution in [2.75, 3.05) is 25.2 Å². The van der Waals surface area contributed by atoms with Crippen molar-refractivity contribution in [1.29, 1.82) is 0 Å². The molecule has 0 radical (unpaired) electrons. The van der Waals surface area contributed by atoms with E-state index in [0.717, 1.165) is 21.6 Å². The summed E-state index contributed by atoms with van der Waals surface area (Å²) in [6.45, 7) is 0. The molecule has 0 fully saturated rings. The Morgan fingerprint density at radius 2 is 2.40 bits per heavy atom. The van der Waals surface area contributed by atoms with Gasteiger partial charge in [-0.2, -0.15) is 11.8 Å². The summed E-state index contributed by atoms with van der Waals surface area (Å²) in [6, 6.07) is 0. The first-order valence-corrected chi connectivity index (χ1v) is 6.38. The summed E-state index contributed by atoms with van der Waals surface area (Å²) in [7, 11) is 3.21. The number of anilines is 1. The topological polar surface area (TPSA) is 64.1 Å². The van der Waals surface area contributed by atoms with Gasteiger partial charge < -0.3 is 10.1 Å². The molecule has 0 unspecified atom stereocenters. The monoisotopic (exact) mass is 247 g/mol. The van der Waals surface area contributed by atoms with E-state index in [0.29, 0.717) is 6.42 Å². The summed E-state index contributed by atoms with van der Waals surface area (Å²) in [6.07, 6.45) is 0.443. The van der Waals surface area contributed by atoms with E-state index in [-0.39, 0.29) is 5.97 Å². The lowest BCUT2D eigenvalue weighted by Gasteiger charge is -1.97. The van der Waals surface area contributed by atoms with Crippen molar-refractivity contribution in [2.24, 2.45) is 0 Å². The van der Waals surface area contributed by atoms with E-state index in [9.17, 15) is 4.79 Å². The van der Waals surface area contributed by atoms with Crippen LogP contribution in [-0.4, -0.2) is 36.1 Å². The van der Waals surface area contributed by atoms with Crippen LogP contribution in [0, 0.1) is 0 Å². The third kappa shape index (κ3) is 4.48. The number of carbonyl (C=O) groups is 1. The predicted molar refractivity (Wildman–Crippen MR) is 62.3 cm³/mol. The van der Waals surface area contributed by atoms with Crippen LogP contribution < -0.4 is 5.32 Å². The van der Waals surface area contributed by atoms with Gasteiger partial charge in [-0.25, -0.2) is 0 Å². The van der Waals surface area contributed by atoms with E-state index in [1.54, 1.807) is 11.8 Å². The number of nitrogens with one attached hydrogen (secondary N) is 1. The zero-order valence-corrected chi connectivity index (χ0v) is 10.3. The van der Waals surface area contributed by atoms with Crippen molar-refractivity contribution < 1.29 is 9.53 Å². The fourth-order valence-corrected chi connectivity index (χ4v) is 2.49. The second-order valence-corrected chi connectivity index (χ2v) is 4.80. The van der Waals surface area contributed by atoms with Crippen LogP contribution in [0.1, 0.15) is 11.4 Å². The zero-order valence-electron chi connectivity index (χ0n) is 8.65. The number of hydrogen-bond donors (Lipinski definition) is 1. The summed E-state index contributed by atoms with van der Waals surface area (Å²) >= 11 is 3.18. The number of hydrogen-bond acceptors (Lipinski definition) is 7. The number of methoxy groups -OCH3 is 1. The molecule has 1 aromatic heterocycles. The molecule has 0 aliphatic heterocycles. The van der Waals surface area contributed by atoms with Crippen molar-refractivity contribution in [3.63, 3.8) is 0 Å². The quantitative estimate of drug-likeness (QED) is 0.605. The molecule has 0 saturated carbocycles. The minimum absolute atomic E-state index is 0.171. The van der Waals surface area contributed by atoms with E-state index in [1.165, 1.54) is 18.4 Å². The average molecular weight is 247 g/mol. The van der Waals surface area contributed by atoms with Crippen molar-refractivity contribution >= 4 is 34.2 Å².